The first kappa shape index (κ1) is 17.6. The van der Waals surface area contributed by atoms with Crippen LogP contribution in [0.15, 0.2) is 24.3 Å². The summed E-state index contributed by atoms with van der Waals surface area (Å²) in [5, 5.41) is 12.6. The third-order valence-electron chi connectivity index (χ3n) is 2.53. The second-order valence-corrected chi connectivity index (χ2v) is 4.31. The monoisotopic (exact) mass is 305 g/mol. The molecule has 0 spiro atoms. The van der Waals surface area contributed by atoms with Gasteiger partial charge in [0, 0.05) is 19.2 Å². The molecule has 0 aromatic heterocycles. The predicted octanol–water partition coefficient (Wildman–Crippen LogP) is 1.31. The number of hydrogen-bond donors (Lipinski definition) is 2. The van der Waals surface area contributed by atoms with Gasteiger partial charge in [0.2, 0.25) is 0 Å². The van der Waals surface area contributed by atoms with Crippen LogP contribution in [-0.2, 0) is 4.74 Å². The van der Waals surface area contributed by atoms with Crippen LogP contribution in [0.4, 0.5) is 8.78 Å². The van der Waals surface area contributed by atoms with E-state index >= 15 is 0 Å². The lowest BCUT2D eigenvalue weighted by atomic mass is 10.3. The molecule has 1 unspecified atom stereocenters. The average Bonchev–Trinajstić information content (AvgIpc) is 2.48. The topological polar surface area (TPSA) is 60.0 Å². The van der Waals surface area contributed by atoms with Gasteiger partial charge in [-0.2, -0.15) is 0 Å². The fraction of sp³-hybridized carbons (Fsp3) is 0.571. The molecular weight excluding hydrogens is 284 g/mol. The molecule has 7 heteroatoms. The van der Waals surface area contributed by atoms with Crippen LogP contribution in [0.1, 0.15) is 0 Å². The standard InChI is InChI=1S/C14H21F2NO4/c1-19-12-3-2-4-13(7-12)21-9-11(18)8-17-5-6-20-10-14(15)16/h2-4,7,11,14,17-18H,5-6,8-10H2,1H3. The summed E-state index contributed by atoms with van der Waals surface area (Å²) >= 11 is 0. The fourth-order valence-corrected chi connectivity index (χ4v) is 1.53. The Labute approximate surface area is 122 Å². The van der Waals surface area contributed by atoms with E-state index in [4.69, 9.17) is 14.2 Å². The predicted molar refractivity (Wildman–Crippen MR) is 74.2 cm³/mol. The van der Waals surface area contributed by atoms with Gasteiger partial charge < -0.3 is 24.6 Å². The Morgan fingerprint density at radius 3 is 2.71 bits per heavy atom. The number of ether oxygens (including phenoxy) is 3. The van der Waals surface area contributed by atoms with Gasteiger partial charge in [-0.3, -0.25) is 0 Å². The quantitative estimate of drug-likeness (QED) is 0.604. The lowest BCUT2D eigenvalue weighted by Gasteiger charge is -2.13. The van der Waals surface area contributed by atoms with Crippen LogP contribution in [-0.4, -0.2) is 57.7 Å². The number of nitrogens with one attached hydrogen (secondary N) is 1. The molecule has 1 aromatic carbocycles. The van der Waals surface area contributed by atoms with Crippen molar-refractivity contribution in [2.75, 3.05) is 40.0 Å². The minimum atomic E-state index is -2.45. The Hall–Kier alpha value is -1.44. The maximum absolute atomic E-state index is 11.8. The minimum absolute atomic E-state index is 0.123. The van der Waals surface area contributed by atoms with Crippen LogP contribution in [0.3, 0.4) is 0 Å². The first-order valence-corrected chi connectivity index (χ1v) is 6.63. The number of aliphatic hydroxyl groups excluding tert-OH is 1. The molecule has 1 aromatic rings. The Morgan fingerprint density at radius 2 is 2.00 bits per heavy atom. The van der Waals surface area contributed by atoms with Crippen molar-refractivity contribution in [3.05, 3.63) is 24.3 Å². The highest BCUT2D eigenvalue weighted by Gasteiger charge is 2.06. The van der Waals surface area contributed by atoms with E-state index in [0.29, 0.717) is 24.6 Å². The van der Waals surface area contributed by atoms with Crippen molar-refractivity contribution in [3.8, 4) is 11.5 Å². The molecule has 1 atom stereocenters. The summed E-state index contributed by atoms with van der Waals surface area (Å²) in [6.07, 6.45) is -3.15. The van der Waals surface area contributed by atoms with Crippen LogP contribution >= 0.6 is 0 Å². The van der Waals surface area contributed by atoms with Gasteiger partial charge in [0.1, 0.15) is 30.8 Å². The second-order valence-electron chi connectivity index (χ2n) is 4.31. The zero-order valence-electron chi connectivity index (χ0n) is 11.9. The Bertz CT molecular complexity index is 393. The molecular formula is C14H21F2NO4. The van der Waals surface area contributed by atoms with E-state index in [9.17, 15) is 13.9 Å². The molecule has 0 heterocycles. The van der Waals surface area contributed by atoms with Gasteiger partial charge in [0.15, 0.2) is 0 Å². The van der Waals surface area contributed by atoms with Gasteiger partial charge in [0.25, 0.3) is 6.43 Å². The molecule has 0 saturated heterocycles. The highest BCUT2D eigenvalue weighted by atomic mass is 19.3. The number of benzene rings is 1. The van der Waals surface area contributed by atoms with Crippen LogP contribution in [0.2, 0.25) is 0 Å². The number of methoxy groups -OCH3 is 1. The van der Waals surface area contributed by atoms with E-state index in [1.54, 1.807) is 31.4 Å². The molecule has 0 amide bonds. The molecule has 0 saturated carbocycles. The molecule has 0 radical (unpaired) electrons. The molecule has 5 nitrogen and oxygen atoms in total. The number of rotatable bonds is 11. The van der Waals surface area contributed by atoms with Crippen LogP contribution in [0.25, 0.3) is 0 Å². The summed E-state index contributed by atoms with van der Waals surface area (Å²) < 4.78 is 38.7. The van der Waals surface area contributed by atoms with Gasteiger partial charge in [-0.05, 0) is 12.1 Å². The lowest BCUT2D eigenvalue weighted by Crippen LogP contribution is -2.33. The summed E-state index contributed by atoms with van der Waals surface area (Å²) in [5.74, 6) is 1.28. The van der Waals surface area contributed by atoms with Crippen molar-refractivity contribution in [1.29, 1.82) is 0 Å². The largest absolute Gasteiger partial charge is 0.497 e. The van der Waals surface area contributed by atoms with Crippen LogP contribution in [0.5, 0.6) is 11.5 Å². The van der Waals surface area contributed by atoms with E-state index in [1.165, 1.54) is 0 Å². The molecule has 120 valence electrons. The van der Waals surface area contributed by atoms with Crippen molar-refractivity contribution < 1.29 is 28.1 Å². The van der Waals surface area contributed by atoms with E-state index in [2.05, 4.69) is 5.32 Å². The van der Waals surface area contributed by atoms with E-state index in [-0.39, 0.29) is 13.2 Å². The number of alkyl halides is 2. The molecule has 2 N–H and O–H groups in total. The fourth-order valence-electron chi connectivity index (χ4n) is 1.53. The highest BCUT2D eigenvalue weighted by molar-refractivity contribution is 5.32. The minimum Gasteiger partial charge on any atom is -0.497 e. The summed E-state index contributed by atoms with van der Waals surface area (Å²) in [5.41, 5.74) is 0. The molecule has 0 fully saturated rings. The first-order chi connectivity index (χ1) is 10.1. The number of aliphatic hydroxyl groups is 1. The summed E-state index contributed by atoms with van der Waals surface area (Å²) in [6, 6.07) is 7.07. The van der Waals surface area contributed by atoms with Crippen molar-refractivity contribution in [2.24, 2.45) is 0 Å². The smallest absolute Gasteiger partial charge is 0.261 e. The maximum Gasteiger partial charge on any atom is 0.261 e. The molecule has 21 heavy (non-hydrogen) atoms. The molecule has 0 aliphatic rings. The van der Waals surface area contributed by atoms with E-state index in [1.807, 2.05) is 0 Å². The summed E-state index contributed by atoms with van der Waals surface area (Å²) in [7, 11) is 1.56. The summed E-state index contributed by atoms with van der Waals surface area (Å²) in [4.78, 5) is 0. The van der Waals surface area contributed by atoms with Crippen molar-refractivity contribution in [2.45, 2.75) is 12.5 Å². The Morgan fingerprint density at radius 1 is 1.24 bits per heavy atom. The SMILES string of the molecule is COc1cccc(OCC(O)CNCCOCC(F)F)c1. The van der Waals surface area contributed by atoms with E-state index in [0.717, 1.165) is 0 Å². The van der Waals surface area contributed by atoms with Crippen molar-refractivity contribution in [3.63, 3.8) is 0 Å². The molecule has 1 rings (SSSR count). The number of halogens is 2. The Kier molecular flexibility index (Phi) is 8.65. The van der Waals surface area contributed by atoms with Gasteiger partial charge >= 0.3 is 0 Å². The van der Waals surface area contributed by atoms with E-state index < -0.39 is 19.1 Å². The zero-order chi connectivity index (χ0) is 15.5. The summed E-state index contributed by atoms with van der Waals surface area (Å²) in [6.45, 7) is 0.417. The van der Waals surface area contributed by atoms with Crippen LogP contribution in [0, 0.1) is 0 Å². The highest BCUT2D eigenvalue weighted by Crippen LogP contribution is 2.18. The third-order valence-corrected chi connectivity index (χ3v) is 2.53. The van der Waals surface area contributed by atoms with Gasteiger partial charge in [-0.1, -0.05) is 6.07 Å². The molecule has 0 aliphatic heterocycles. The Balaban J connectivity index is 2.09. The first-order valence-electron chi connectivity index (χ1n) is 6.63. The van der Waals surface area contributed by atoms with Gasteiger partial charge in [-0.15, -0.1) is 0 Å². The molecule has 0 bridgehead atoms. The average molecular weight is 305 g/mol. The van der Waals surface area contributed by atoms with Gasteiger partial charge in [-0.25, -0.2) is 8.78 Å². The zero-order valence-corrected chi connectivity index (χ0v) is 11.9. The number of hydrogen-bond acceptors (Lipinski definition) is 5. The molecule has 0 aliphatic carbocycles. The normalized spacial score (nSPS) is 12.4. The van der Waals surface area contributed by atoms with Crippen molar-refractivity contribution in [1.82, 2.24) is 5.32 Å². The lowest BCUT2D eigenvalue weighted by molar-refractivity contribution is 0.0177. The van der Waals surface area contributed by atoms with Crippen molar-refractivity contribution >= 4 is 0 Å². The third kappa shape index (κ3) is 8.44. The maximum atomic E-state index is 11.8. The second kappa shape index (κ2) is 10.3. The van der Waals surface area contributed by atoms with Crippen LogP contribution < -0.4 is 14.8 Å². The van der Waals surface area contributed by atoms with Gasteiger partial charge in [0.05, 0.1) is 13.7 Å².